The Labute approximate surface area is 117 Å². The van der Waals surface area contributed by atoms with Gasteiger partial charge in [-0.3, -0.25) is 10.1 Å². The van der Waals surface area contributed by atoms with E-state index < -0.39 is 16.4 Å². The third kappa shape index (κ3) is 3.52. The zero-order valence-electron chi connectivity index (χ0n) is 11.5. The molecule has 2 rings (SSSR count). The van der Waals surface area contributed by atoms with Crippen molar-refractivity contribution >= 4 is 5.69 Å². The number of nitrogens with zero attached hydrogens (tertiary/aromatic N) is 1. The SMILES string of the molecule is CC(NCc1cccc([N+](=O)[O-])c1F)C1CCOCC1. The molecule has 1 aromatic rings. The van der Waals surface area contributed by atoms with Crippen LogP contribution in [-0.2, 0) is 11.3 Å². The number of nitro groups is 1. The van der Waals surface area contributed by atoms with Crippen molar-refractivity contribution in [3.63, 3.8) is 0 Å². The van der Waals surface area contributed by atoms with Crippen LogP contribution in [0.3, 0.4) is 0 Å². The van der Waals surface area contributed by atoms with Gasteiger partial charge in [0, 0.05) is 37.4 Å². The second kappa shape index (κ2) is 6.76. The quantitative estimate of drug-likeness (QED) is 0.666. The molecule has 1 heterocycles. The summed E-state index contributed by atoms with van der Waals surface area (Å²) < 4.78 is 19.2. The Balaban J connectivity index is 1.96. The average Bonchev–Trinajstić information content (AvgIpc) is 2.46. The molecule has 0 aromatic heterocycles. The molecule has 5 nitrogen and oxygen atoms in total. The number of hydrogen-bond acceptors (Lipinski definition) is 4. The predicted octanol–water partition coefficient (Wildman–Crippen LogP) is 2.64. The second-order valence-electron chi connectivity index (χ2n) is 5.13. The highest BCUT2D eigenvalue weighted by atomic mass is 19.1. The summed E-state index contributed by atoms with van der Waals surface area (Å²) >= 11 is 0. The smallest absolute Gasteiger partial charge is 0.305 e. The van der Waals surface area contributed by atoms with Crippen LogP contribution in [0.25, 0.3) is 0 Å². The molecule has 110 valence electrons. The third-order valence-corrected chi connectivity index (χ3v) is 3.84. The maximum atomic E-state index is 13.9. The lowest BCUT2D eigenvalue weighted by Crippen LogP contribution is -2.36. The van der Waals surface area contributed by atoms with Crippen LogP contribution in [0.15, 0.2) is 18.2 Å². The van der Waals surface area contributed by atoms with Crippen LogP contribution in [0.5, 0.6) is 0 Å². The molecule has 0 bridgehead atoms. The largest absolute Gasteiger partial charge is 0.381 e. The lowest BCUT2D eigenvalue weighted by molar-refractivity contribution is -0.387. The van der Waals surface area contributed by atoms with Crippen LogP contribution in [0.2, 0.25) is 0 Å². The summed E-state index contributed by atoms with van der Waals surface area (Å²) in [7, 11) is 0. The lowest BCUT2D eigenvalue weighted by atomic mass is 9.93. The normalized spacial score (nSPS) is 17.9. The number of halogens is 1. The van der Waals surface area contributed by atoms with E-state index in [-0.39, 0.29) is 6.04 Å². The molecule has 6 heteroatoms. The Morgan fingerprint density at radius 1 is 1.50 bits per heavy atom. The van der Waals surface area contributed by atoms with E-state index in [4.69, 9.17) is 4.74 Å². The van der Waals surface area contributed by atoms with Crippen molar-refractivity contribution in [2.45, 2.75) is 32.4 Å². The minimum Gasteiger partial charge on any atom is -0.381 e. The van der Waals surface area contributed by atoms with Gasteiger partial charge < -0.3 is 10.1 Å². The van der Waals surface area contributed by atoms with Crippen molar-refractivity contribution in [1.29, 1.82) is 0 Å². The van der Waals surface area contributed by atoms with E-state index in [1.165, 1.54) is 12.1 Å². The van der Waals surface area contributed by atoms with Gasteiger partial charge in [-0.25, -0.2) is 0 Å². The molecule has 20 heavy (non-hydrogen) atoms. The maximum absolute atomic E-state index is 13.9. The highest BCUT2D eigenvalue weighted by Crippen LogP contribution is 2.22. The Morgan fingerprint density at radius 2 is 2.20 bits per heavy atom. The lowest BCUT2D eigenvalue weighted by Gasteiger charge is -2.28. The first-order valence-corrected chi connectivity index (χ1v) is 6.82. The van der Waals surface area contributed by atoms with Gasteiger partial charge in [-0.05, 0) is 25.7 Å². The average molecular weight is 282 g/mol. The van der Waals surface area contributed by atoms with Gasteiger partial charge in [-0.2, -0.15) is 4.39 Å². The molecule has 1 unspecified atom stereocenters. The third-order valence-electron chi connectivity index (χ3n) is 3.84. The molecule has 1 saturated heterocycles. The number of nitrogens with one attached hydrogen (secondary N) is 1. The van der Waals surface area contributed by atoms with Crippen LogP contribution in [0.1, 0.15) is 25.3 Å². The van der Waals surface area contributed by atoms with Gasteiger partial charge in [0.25, 0.3) is 0 Å². The highest BCUT2D eigenvalue weighted by molar-refractivity contribution is 5.36. The first-order valence-electron chi connectivity index (χ1n) is 6.82. The van der Waals surface area contributed by atoms with Crippen LogP contribution in [-0.4, -0.2) is 24.2 Å². The summed E-state index contributed by atoms with van der Waals surface area (Å²) in [4.78, 5) is 10.00. The maximum Gasteiger partial charge on any atom is 0.305 e. The fraction of sp³-hybridized carbons (Fsp3) is 0.571. The number of hydrogen-bond donors (Lipinski definition) is 1. The second-order valence-corrected chi connectivity index (χ2v) is 5.13. The Hall–Kier alpha value is -1.53. The van der Waals surface area contributed by atoms with Crippen LogP contribution in [0, 0.1) is 21.8 Å². The Kier molecular flexibility index (Phi) is 5.03. The molecule has 0 spiro atoms. The van der Waals surface area contributed by atoms with Crippen molar-refractivity contribution in [3.05, 3.63) is 39.7 Å². The number of nitro benzene ring substituents is 1. The molecule has 0 aliphatic carbocycles. The molecule has 1 fully saturated rings. The van der Waals surface area contributed by atoms with Gasteiger partial charge in [-0.1, -0.05) is 12.1 Å². The summed E-state index contributed by atoms with van der Waals surface area (Å²) in [5, 5.41) is 13.9. The van der Waals surface area contributed by atoms with Gasteiger partial charge in [0.05, 0.1) is 4.92 Å². The Morgan fingerprint density at radius 3 is 2.85 bits per heavy atom. The molecule has 1 aliphatic heterocycles. The van der Waals surface area contributed by atoms with Crippen LogP contribution < -0.4 is 5.32 Å². The predicted molar refractivity (Wildman–Crippen MR) is 72.9 cm³/mol. The van der Waals surface area contributed by atoms with E-state index in [1.54, 1.807) is 6.07 Å². The number of ether oxygens (including phenoxy) is 1. The van der Waals surface area contributed by atoms with Gasteiger partial charge >= 0.3 is 5.69 Å². The summed E-state index contributed by atoms with van der Waals surface area (Å²) in [5.74, 6) is -0.241. The molecular weight excluding hydrogens is 263 g/mol. The van der Waals surface area contributed by atoms with E-state index in [0.29, 0.717) is 18.0 Å². The zero-order chi connectivity index (χ0) is 14.5. The minimum absolute atomic E-state index is 0.234. The van der Waals surface area contributed by atoms with Gasteiger partial charge in [-0.15, -0.1) is 0 Å². The summed E-state index contributed by atoms with van der Waals surface area (Å²) in [6.07, 6.45) is 1.98. The fourth-order valence-corrected chi connectivity index (χ4v) is 2.50. The summed E-state index contributed by atoms with van der Waals surface area (Å²) in [6, 6.07) is 4.50. The summed E-state index contributed by atoms with van der Waals surface area (Å²) in [5.41, 5.74) is -0.138. The zero-order valence-corrected chi connectivity index (χ0v) is 11.5. The molecule has 1 N–H and O–H groups in total. The Bertz CT molecular complexity index is 475. The molecule has 0 radical (unpaired) electrons. The first-order chi connectivity index (χ1) is 9.59. The topological polar surface area (TPSA) is 64.4 Å². The van der Waals surface area contributed by atoms with Gasteiger partial charge in [0.15, 0.2) is 0 Å². The molecule has 1 aliphatic rings. The van der Waals surface area contributed by atoms with E-state index in [1.807, 2.05) is 0 Å². The van der Waals surface area contributed by atoms with Crippen molar-refractivity contribution < 1.29 is 14.1 Å². The van der Waals surface area contributed by atoms with Crippen molar-refractivity contribution in [2.24, 2.45) is 5.92 Å². The monoisotopic (exact) mass is 282 g/mol. The number of rotatable bonds is 5. The van der Waals surface area contributed by atoms with E-state index in [0.717, 1.165) is 26.1 Å². The van der Waals surface area contributed by atoms with Crippen molar-refractivity contribution in [1.82, 2.24) is 5.32 Å². The van der Waals surface area contributed by atoms with Crippen LogP contribution in [0.4, 0.5) is 10.1 Å². The molecule has 1 atom stereocenters. The van der Waals surface area contributed by atoms with Gasteiger partial charge in [0.2, 0.25) is 5.82 Å². The van der Waals surface area contributed by atoms with Crippen molar-refractivity contribution in [2.75, 3.05) is 13.2 Å². The van der Waals surface area contributed by atoms with Gasteiger partial charge in [0.1, 0.15) is 0 Å². The van der Waals surface area contributed by atoms with E-state index in [9.17, 15) is 14.5 Å². The molecule has 0 saturated carbocycles. The summed E-state index contributed by atoms with van der Waals surface area (Å²) in [6.45, 7) is 3.89. The molecule has 1 aromatic carbocycles. The highest BCUT2D eigenvalue weighted by Gasteiger charge is 2.21. The fourth-order valence-electron chi connectivity index (χ4n) is 2.50. The van der Waals surface area contributed by atoms with Crippen molar-refractivity contribution in [3.8, 4) is 0 Å². The van der Waals surface area contributed by atoms with E-state index in [2.05, 4.69) is 12.2 Å². The molecular formula is C14H19FN2O3. The number of benzene rings is 1. The van der Waals surface area contributed by atoms with E-state index >= 15 is 0 Å². The standard InChI is InChI=1S/C14H19FN2O3/c1-10(11-5-7-20-8-6-11)16-9-12-3-2-4-13(14(12)15)17(18)19/h2-4,10-11,16H,5-9H2,1H3. The minimum atomic E-state index is -0.746. The molecule has 0 amide bonds. The van der Waals surface area contributed by atoms with Crippen LogP contribution >= 0.6 is 0 Å². The first kappa shape index (κ1) is 14.9.